The molecule has 0 spiro atoms. The number of halogens is 1. The number of carbonyl (C=O) groups is 1. The van der Waals surface area contributed by atoms with Gasteiger partial charge in [-0.25, -0.2) is 4.98 Å². The number of benzene rings is 2. The standard InChI is InChI=1S/C22H20ClN3O2/c1-28-20-8-7-18(12-19(20)23)25-22(27)16-6-9-21(24-13-16)26-11-10-15-4-2-3-5-17(15)14-26/h2-9,12-13H,10-11,14H2,1H3,(H,25,27). The zero-order valence-corrected chi connectivity index (χ0v) is 16.2. The van der Waals surface area contributed by atoms with Gasteiger partial charge in [-0.3, -0.25) is 4.79 Å². The first-order valence-corrected chi connectivity index (χ1v) is 9.44. The summed E-state index contributed by atoms with van der Waals surface area (Å²) >= 11 is 6.11. The monoisotopic (exact) mass is 393 g/mol. The van der Waals surface area contributed by atoms with Crippen LogP contribution >= 0.6 is 11.6 Å². The molecule has 4 rings (SSSR count). The fraction of sp³-hybridized carbons (Fsp3) is 0.182. The van der Waals surface area contributed by atoms with Crippen LogP contribution < -0.4 is 15.0 Å². The Balaban J connectivity index is 1.44. The van der Waals surface area contributed by atoms with Crippen LogP contribution in [0.1, 0.15) is 21.5 Å². The Kier molecular flexibility index (Phi) is 5.17. The molecule has 0 saturated carbocycles. The number of amides is 1. The molecule has 28 heavy (non-hydrogen) atoms. The summed E-state index contributed by atoms with van der Waals surface area (Å²) in [6, 6.07) is 17.3. The van der Waals surface area contributed by atoms with Crippen molar-refractivity contribution in [3.05, 3.63) is 82.5 Å². The molecular weight excluding hydrogens is 374 g/mol. The van der Waals surface area contributed by atoms with Gasteiger partial charge in [-0.2, -0.15) is 0 Å². The second-order valence-electron chi connectivity index (χ2n) is 6.65. The van der Waals surface area contributed by atoms with E-state index in [9.17, 15) is 4.79 Å². The zero-order valence-electron chi connectivity index (χ0n) is 15.5. The molecular formula is C22H20ClN3O2. The maximum absolute atomic E-state index is 12.5. The van der Waals surface area contributed by atoms with Crippen LogP contribution in [-0.4, -0.2) is 24.5 Å². The Morgan fingerprint density at radius 1 is 1.14 bits per heavy atom. The molecule has 1 aliphatic heterocycles. The lowest BCUT2D eigenvalue weighted by Crippen LogP contribution is -2.31. The highest BCUT2D eigenvalue weighted by molar-refractivity contribution is 6.32. The molecule has 0 aliphatic carbocycles. The number of ether oxygens (including phenoxy) is 1. The molecule has 5 nitrogen and oxygen atoms in total. The molecule has 3 aromatic rings. The van der Waals surface area contributed by atoms with Gasteiger partial charge in [0.05, 0.1) is 17.7 Å². The number of anilines is 2. The molecule has 142 valence electrons. The van der Waals surface area contributed by atoms with Crippen LogP contribution in [0, 0.1) is 0 Å². The molecule has 1 amide bonds. The summed E-state index contributed by atoms with van der Waals surface area (Å²) < 4.78 is 5.12. The Labute approximate surface area is 168 Å². The van der Waals surface area contributed by atoms with Crippen LogP contribution in [0.2, 0.25) is 5.02 Å². The molecule has 0 radical (unpaired) electrons. The molecule has 1 aliphatic rings. The highest BCUT2D eigenvalue weighted by atomic mass is 35.5. The summed E-state index contributed by atoms with van der Waals surface area (Å²) in [5.41, 5.74) is 3.82. The molecule has 1 N–H and O–H groups in total. The minimum absolute atomic E-state index is 0.232. The smallest absolute Gasteiger partial charge is 0.257 e. The third kappa shape index (κ3) is 3.80. The van der Waals surface area contributed by atoms with Gasteiger partial charge in [0.15, 0.2) is 0 Å². The highest BCUT2D eigenvalue weighted by Gasteiger charge is 2.17. The second-order valence-corrected chi connectivity index (χ2v) is 7.06. The lowest BCUT2D eigenvalue weighted by atomic mass is 10.00. The minimum Gasteiger partial charge on any atom is -0.495 e. The van der Waals surface area contributed by atoms with E-state index < -0.39 is 0 Å². The quantitative estimate of drug-likeness (QED) is 0.706. The number of carbonyl (C=O) groups excluding carboxylic acids is 1. The largest absolute Gasteiger partial charge is 0.495 e. The van der Waals surface area contributed by atoms with Gasteiger partial charge >= 0.3 is 0 Å². The number of hydrogen-bond donors (Lipinski definition) is 1. The van der Waals surface area contributed by atoms with Crippen molar-refractivity contribution in [2.75, 3.05) is 23.9 Å². The van der Waals surface area contributed by atoms with Crippen LogP contribution in [0.5, 0.6) is 5.75 Å². The van der Waals surface area contributed by atoms with Crippen LogP contribution in [0.4, 0.5) is 11.5 Å². The lowest BCUT2D eigenvalue weighted by molar-refractivity contribution is 0.102. The average Bonchev–Trinajstić information content (AvgIpc) is 2.73. The minimum atomic E-state index is -0.232. The van der Waals surface area contributed by atoms with Gasteiger partial charge in [0.2, 0.25) is 0 Å². The van der Waals surface area contributed by atoms with Gasteiger partial charge in [0.1, 0.15) is 11.6 Å². The normalized spacial score (nSPS) is 13.0. The van der Waals surface area contributed by atoms with E-state index in [1.54, 1.807) is 37.6 Å². The van der Waals surface area contributed by atoms with Gasteiger partial charge in [-0.15, -0.1) is 0 Å². The second kappa shape index (κ2) is 7.90. The number of fused-ring (bicyclic) bond motifs is 1. The van der Waals surface area contributed by atoms with Crippen LogP contribution in [0.3, 0.4) is 0 Å². The maximum atomic E-state index is 12.5. The van der Waals surface area contributed by atoms with Gasteiger partial charge in [0.25, 0.3) is 5.91 Å². The number of methoxy groups -OCH3 is 1. The molecule has 0 saturated heterocycles. The fourth-order valence-electron chi connectivity index (χ4n) is 3.35. The predicted octanol–water partition coefficient (Wildman–Crippen LogP) is 4.56. The first-order valence-electron chi connectivity index (χ1n) is 9.07. The van der Waals surface area contributed by atoms with E-state index in [4.69, 9.17) is 16.3 Å². The van der Waals surface area contributed by atoms with Gasteiger partial charge in [-0.05, 0) is 47.9 Å². The molecule has 2 aromatic carbocycles. The van der Waals surface area contributed by atoms with E-state index in [2.05, 4.69) is 39.5 Å². The molecule has 0 unspecified atom stereocenters. The summed E-state index contributed by atoms with van der Waals surface area (Å²) in [6.45, 7) is 1.75. The Morgan fingerprint density at radius 3 is 2.68 bits per heavy atom. The zero-order chi connectivity index (χ0) is 19.5. The maximum Gasteiger partial charge on any atom is 0.257 e. The van der Waals surface area contributed by atoms with Crippen molar-refractivity contribution in [2.24, 2.45) is 0 Å². The van der Waals surface area contributed by atoms with Crippen LogP contribution in [0.15, 0.2) is 60.8 Å². The number of nitrogens with zero attached hydrogens (tertiary/aromatic N) is 2. The van der Waals surface area contributed by atoms with Crippen molar-refractivity contribution in [3.8, 4) is 5.75 Å². The van der Waals surface area contributed by atoms with Crippen LogP contribution in [-0.2, 0) is 13.0 Å². The summed E-state index contributed by atoms with van der Waals surface area (Å²) in [5.74, 6) is 1.21. The van der Waals surface area contributed by atoms with Crippen molar-refractivity contribution < 1.29 is 9.53 Å². The third-order valence-corrected chi connectivity index (χ3v) is 5.17. The number of aromatic nitrogens is 1. The SMILES string of the molecule is COc1ccc(NC(=O)c2ccc(N3CCc4ccccc4C3)nc2)cc1Cl. The molecule has 0 bridgehead atoms. The molecule has 0 fully saturated rings. The van der Waals surface area contributed by atoms with E-state index in [0.29, 0.717) is 22.0 Å². The van der Waals surface area contributed by atoms with E-state index in [1.807, 2.05) is 6.07 Å². The average molecular weight is 394 g/mol. The van der Waals surface area contributed by atoms with E-state index in [-0.39, 0.29) is 5.91 Å². The van der Waals surface area contributed by atoms with Gasteiger partial charge < -0.3 is 15.0 Å². The third-order valence-electron chi connectivity index (χ3n) is 4.87. The van der Waals surface area contributed by atoms with Crippen molar-refractivity contribution in [1.29, 1.82) is 0 Å². The Morgan fingerprint density at radius 2 is 1.96 bits per heavy atom. The van der Waals surface area contributed by atoms with Crippen molar-refractivity contribution in [2.45, 2.75) is 13.0 Å². The summed E-state index contributed by atoms with van der Waals surface area (Å²) in [6.07, 6.45) is 2.61. The molecule has 0 atom stereocenters. The van der Waals surface area contributed by atoms with Crippen LogP contribution in [0.25, 0.3) is 0 Å². The number of hydrogen-bond acceptors (Lipinski definition) is 4. The van der Waals surface area contributed by atoms with Gasteiger partial charge in [0, 0.05) is 25.0 Å². The number of rotatable bonds is 4. The van der Waals surface area contributed by atoms with E-state index >= 15 is 0 Å². The topological polar surface area (TPSA) is 54.5 Å². The van der Waals surface area contributed by atoms with E-state index in [0.717, 1.165) is 25.3 Å². The fourth-order valence-corrected chi connectivity index (χ4v) is 3.60. The highest BCUT2D eigenvalue weighted by Crippen LogP contribution is 2.27. The van der Waals surface area contributed by atoms with Crippen molar-refractivity contribution in [1.82, 2.24) is 4.98 Å². The summed E-state index contributed by atoms with van der Waals surface area (Å²) in [7, 11) is 1.55. The van der Waals surface area contributed by atoms with E-state index in [1.165, 1.54) is 11.1 Å². The Bertz CT molecular complexity index is 1000. The van der Waals surface area contributed by atoms with Crippen molar-refractivity contribution in [3.63, 3.8) is 0 Å². The summed E-state index contributed by atoms with van der Waals surface area (Å²) in [5, 5.41) is 3.27. The predicted molar refractivity (Wildman–Crippen MR) is 111 cm³/mol. The lowest BCUT2D eigenvalue weighted by Gasteiger charge is -2.29. The number of nitrogens with one attached hydrogen (secondary N) is 1. The van der Waals surface area contributed by atoms with Crippen molar-refractivity contribution >= 4 is 29.0 Å². The first-order chi connectivity index (χ1) is 13.6. The molecule has 2 heterocycles. The molecule has 1 aromatic heterocycles. The summed E-state index contributed by atoms with van der Waals surface area (Å²) in [4.78, 5) is 19.2. The molecule has 6 heteroatoms. The Hall–Kier alpha value is -3.05. The number of pyridine rings is 1. The first kappa shape index (κ1) is 18.3. The van der Waals surface area contributed by atoms with Gasteiger partial charge in [-0.1, -0.05) is 35.9 Å².